The lowest BCUT2D eigenvalue weighted by molar-refractivity contribution is 0.0733. The zero-order valence-electron chi connectivity index (χ0n) is 14.1. The minimum Gasteiger partial charge on any atom is -0.494 e. The molecule has 0 aliphatic heterocycles. The van der Waals surface area contributed by atoms with E-state index < -0.39 is 5.97 Å². The van der Waals surface area contributed by atoms with Crippen molar-refractivity contribution in [3.8, 4) is 28.7 Å². The monoisotopic (exact) mass is 332 g/mol. The molecule has 0 amide bonds. The van der Waals surface area contributed by atoms with Crippen LogP contribution < -0.4 is 23.7 Å². The van der Waals surface area contributed by atoms with Crippen LogP contribution in [0.15, 0.2) is 36.4 Å². The van der Waals surface area contributed by atoms with E-state index in [1.807, 2.05) is 6.92 Å². The van der Waals surface area contributed by atoms with Crippen LogP contribution in [0, 0.1) is 0 Å². The van der Waals surface area contributed by atoms with Crippen LogP contribution in [0.25, 0.3) is 0 Å². The van der Waals surface area contributed by atoms with Gasteiger partial charge in [-0.3, -0.25) is 0 Å². The van der Waals surface area contributed by atoms with Crippen LogP contribution in [-0.4, -0.2) is 33.9 Å². The normalized spacial score (nSPS) is 10.0. The summed E-state index contributed by atoms with van der Waals surface area (Å²) in [6.45, 7) is 2.48. The first kappa shape index (κ1) is 17.5. The molecule has 0 N–H and O–H groups in total. The van der Waals surface area contributed by atoms with Gasteiger partial charge in [0.1, 0.15) is 11.5 Å². The number of carbonyl (C=O) groups is 1. The fourth-order valence-corrected chi connectivity index (χ4v) is 2.14. The highest BCUT2D eigenvalue weighted by Crippen LogP contribution is 2.38. The predicted octanol–water partition coefficient (Wildman–Crippen LogP) is 3.33. The third kappa shape index (κ3) is 3.90. The first-order chi connectivity index (χ1) is 11.6. The molecule has 0 aliphatic carbocycles. The van der Waals surface area contributed by atoms with Gasteiger partial charge >= 0.3 is 5.97 Å². The minimum atomic E-state index is -0.529. The second kappa shape index (κ2) is 8.10. The lowest BCUT2D eigenvalue weighted by Crippen LogP contribution is -2.09. The lowest BCUT2D eigenvalue weighted by Gasteiger charge is -2.13. The average molecular weight is 332 g/mol. The molecule has 0 fully saturated rings. The summed E-state index contributed by atoms with van der Waals surface area (Å²) in [5, 5.41) is 0. The van der Waals surface area contributed by atoms with Crippen molar-refractivity contribution in [2.24, 2.45) is 0 Å². The summed E-state index contributed by atoms with van der Waals surface area (Å²) in [5.41, 5.74) is 0.290. The van der Waals surface area contributed by atoms with Crippen molar-refractivity contribution in [1.82, 2.24) is 0 Å². The molecule has 24 heavy (non-hydrogen) atoms. The number of esters is 1. The Morgan fingerprint density at radius 3 is 1.88 bits per heavy atom. The van der Waals surface area contributed by atoms with Crippen molar-refractivity contribution in [1.29, 1.82) is 0 Å². The molecule has 0 saturated heterocycles. The smallest absolute Gasteiger partial charge is 0.343 e. The molecule has 2 aromatic carbocycles. The van der Waals surface area contributed by atoms with E-state index in [1.165, 1.54) is 33.5 Å². The second-order valence-corrected chi connectivity index (χ2v) is 4.71. The maximum atomic E-state index is 12.4. The summed E-state index contributed by atoms with van der Waals surface area (Å²) in [7, 11) is 4.47. The third-order valence-electron chi connectivity index (χ3n) is 3.25. The summed E-state index contributed by atoms with van der Waals surface area (Å²) in [6, 6.07) is 9.89. The topological polar surface area (TPSA) is 63.2 Å². The Kier molecular flexibility index (Phi) is 5.89. The first-order valence-electron chi connectivity index (χ1n) is 7.38. The summed E-state index contributed by atoms with van der Waals surface area (Å²) in [5.74, 6) is 1.78. The number of methoxy groups -OCH3 is 3. The van der Waals surface area contributed by atoms with Gasteiger partial charge in [-0.2, -0.15) is 0 Å². The van der Waals surface area contributed by atoms with Crippen molar-refractivity contribution in [2.45, 2.75) is 6.92 Å². The van der Waals surface area contributed by atoms with Crippen LogP contribution in [0.4, 0.5) is 0 Å². The van der Waals surface area contributed by atoms with Gasteiger partial charge in [-0.25, -0.2) is 4.79 Å². The van der Waals surface area contributed by atoms with Gasteiger partial charge in [-0.05, 0) is 43.3 Å². The molecule has 6 heteroatoms. The molecule has 0 aromatic heterocycles. The van der Waals surface area contributed by atoms with Gasteiger partial charge in [0, 0.05) is 0 Å². The van der Waals surface area contributed by atoms with Crippen LogP contribution in [0.5, 0.6) is 28.7 Å². The molecule has 0 spiro atoms. The summed E-state index contributed by atoms with van der Waals surface area (Å²) >= 11 is 0. The van der Waals surface area contributed by atoms with Crippen LogP contribution in [-0.2, 0) is 0 Å². The molecule has 6 nitrogen and oxygen atoms in total. The maximum Gasteiger partial charge on any atom is 0.343 e. The Labute approximate surface area is 140 Å². The van der Waals surface area contributed by atoms with E-state index in [0.29, 0.717) is 40.9 Å². The Morgan fingerprint density at radius 2 is 1.42 bits per heavy atom. The number of hydrogen-bond donors (Lipinski definition) is 0. The largest absolute Gasteiger partial charge is 0.494 e. The van der Waals surface area contributed by atoms with Crippen molar-refractivity contribution in [2.75, 3.05) is 27.9 Å². The van der Waals surface area contributed by atoms with Crippen LogP contribution in [0.2, 0.25) is 0 Å². The number of benzene rings is 2. The van der Waals surface area contributed by atoms with E-state index in [2.05, 4.69) is 0 Å². The minimum absolute atomic E-state index is 0.290. The van der Waals surface area contributed by atoms with Crippen molar-refractivity contribution in [3.05, 3.63) is 42.0 Å². The molecule has 128 valence electrons. The maximum absolute atomic E-state index is 12.4. The van der Waals surface area contributed by atoms with Gasteiger partial charge < -0.3 is 23.7 Å². The van der Waals surface area contributed by atoms with E-state index in [9.17, 15) is 4.79 Å². The molecule has 0 bridgehead atoms. The highest BCUT2D eigenvalue weighted by atomic mass is 16.5. The van der Waals surface area contributed by atoms with Crippen molar-refractivity contribution < 1.29 is 28.5 Å². The first-order valence-corrected chi connectivity index (χ1v) is 7.38. The Balaban J connectivity index is 2.22. The predicted molar refractivity (Wildman–Crippen MR) is 88.7 cm³/mol. The number of ether oxygens (including phenoxy) is 5. The molecule has 0 heterocycles. The average Bonchev–Trinajstić information content (AvgIpc) is 2.62. The lowest BCUT2D eigenvalue weighted by atomic mass is 10.2. The quantitative estimate of drug-likeness (QED) is 0.572. The third-order valence-corrected chi connectivity index (χ3v) is 3.25. The van der Waals surface area contributed by atoms with Gasteiger partial charge in [0.2, 0.25) is 5.75 Å². The highest BCUT2D eigenvalue weighted by molar-refractivity contribution is 5.92. The van der Waals surface area contributed by atoms with E-state index >= 15 is 0 Å². The second-order valence-electron chi connectivity index (χ2n) is 4.71. The molecular weight excluding hydrogens is 312 g/mol. The van der Waals surface area contributed by atoms with Crippen LogP contribution in [0.3, 0.4) is 0 Å². The summed E-state index contributed by atoms with van der Waals surface area (Å²) < 4.78 is 26.4. The van der Waals surface area contributed by atoms with Crippen LogP contribution in [0.1, 0.15) is 17.3 Å². The van der Waals surface area contributed by atoms with E-state index in [0.717, 1.165) is 0 Å². The number of hydrogen-bond acceptors (Lipinski definition) is 6. The molecule has 0 saturated carbocycles. The number of rotatable bonds is 7. The molecule has 2 rings (SSSR count). The van der Waals surface area contributed by atoms with Crippen LogP contribution >= 0.6 is 0 Å². The molecule has 0 radical (unpaired) electrons. The fourth-order valence-electron chi connectivity index (χ4n) is 2.14. The Hall–Kier alpha value is -2.89. The van der Waals surface area contributed by atoms with Gasteiger partial charge in [0.05, 0.1) is 33.5 Å². The highest BCUT2D eigenvalue weighted by Gasteiger charge is 2.18. The Bertz CT molecular complexity index is 668. The molecule has 2 aromatic rings. The Morgan fingerprint density at radius 1 is 0.875 bits per heavy atom. The standard InChI is InChI=1S/C18H20O6/c1-5-23-13-6-8-14(9-7-13)24-18(19)12-10-15(20-2)17(22-4)16(11-12)21-3/h6-11H,5H2,1-4H3. The van der Waals surface area contributed by atoms with Gasteiger partial charge in [-0.1, -0.05) is 0 Å². The molecule has 0 unspecified atom stereocenters. The molecule has 0 atom stereocenters. The van der Waals surface area contributed by atoms with Crippen molar-refractivity contribution >= 4 is 5.97 Å². The zero-order valence-corrected chi connectivity index (χ0v) is 14.1. The van der Waals surface area contributed by atoms with E-state index in [1.54, 1.807) is 24.3 Å². The summed E-state index contributed by atoms with van der Waals surface area (Å²) in [4.78, 5) is 12.4. The summed E-state index contributed by atoms with van der Waals surface area (Å²) in [6.07, 6.45) is 0. The van der Waals surface area contributed by atoms with Gasteiger partial charge in [0.15, 0.2) is 11.5 Å². The zero-order chi connectivity index (χ0) is 17.5. The van der Waals surface area contributed by atoms with Gasteiger partial charge in [-0.15, -0.1) is 0 Å². The van der Waals surface area contributed by atoms with E-state index in [-0.39, 0.29) is 0 Å². The fraction of sp³-hybridized carbons (Fsp3) is 0.278. The molecule has 0 aliphatic rings. The van der Waals surface area contributed by atoms with Gasteiger partial charge in [0.25, 0.3) is 0 Å². The van der Waals surface area contributed by atoms with E-state index in [4.69, 9.17) is 23.7 Å². The molecular formula is C18H20O6. The van der Waals surface area contributed by atoms with Crippen molar-refractivity contribution in [3.63, 3.8) is 0 Å². The SMILES string of the molecule is CCOc1ccc(OC(=O)c2cc(OC)c(OC)c(OC)c2)cc1. The number of carbonyl (C=O) groups excluding carboxylic acids is 1.